The normalized spacial score (nSPS) is 10.0. The molecule has 2 heterocycles. The number of aromatic nitrogens is 5. The molecule has 0 saturated carbocycles. The molecular formula is C12H15N7O3. The maximum Gasteiger partial charge on any atom is 0.327 e. The van der Waals surface area contributed by atoms with Gasteiger partial charge in [-0.25, -0.2) is 9.48 Å². The predicted molar refractivity (Wildman–Crippen MR) is 74.5 cm³/mol. The van der Waals surface area contributed by atoms with E-state index >= 15 is 0 Å². The van der Waals surface area contributed by atoms with Crippen molar-refractivity contribution in [2.75, 3.05) is 11.9 Å². The molecule has 10 heteroatoms. The summed E-state index contributed by atoms with van der Waals surface area (Å²) in [6.07, 6.45) is 3.27. The Morgan fingerprint density at radius 1 is 1.32 bits per heavy atom. The fourth-order valence-electron chi connectivity index (χ4n) is 1.56. The van der Waals surface area contributed by atoms with Crippen LogP contribution in [-0.4, -0.2) is 43.8 Å². The number of nitrogens with zero attached hydrogens (tertiary/aromatic N) is 5. The van der Waals surface area contributed by atoms with Gasteiger partial charge in [-0.05, 0) is 35.0 Å². The lowest BCUT2D eigenvalue weighted by Crippen LogP contribution is -2.30. The van der Waals surface area contributed by atoms with Gasteiger partial charge >= 0.3 is 12.0 Å². The third-order valence-electron chi connectivity index (χ3n) is 2.54. The Kier molecular flexibility index (Phi) is 5.35. The van der Waals surface area contributed by atoms with Crippen LogP contribution in [0.3, 0.4) is 0 Å². The van der Waals surface area contributed by atoms with E-state index in [-0.39, 0.29) is 19.1 Å². The molecule has 0 saturated heterocycles. The second-order valence-electron chi connectivity index (χ2n) is 4.13. The minimum atomic E-state index is -0.491. The maximum atomic E-state index is 11.8. The Labute approximate surface area is 125 Å². The van der Waals surface area contributed by atoms with Gasteiger partial charge in [-0.1, -0.05) is 5.10 Å². The van der Waals surface area contributed by atoms with Gasteiger partial charge in [0.1, 0.15) is 6.54 Å². The van der Waals surface area contributed by atoms with Crippen LogP contribution in [-0.2, 0) is 22.6 Å². The number of carbonyl (C=O) groups excluding carboxylic acids is 2. The van der Waals surface area contributed by atoms with E-state index in [4.69, 9.17) is 4.74 Å². The average Bonchev–Trinajstić information content (AvgIpc) is 2.93. The van der Waals surface area contributed by atoms with Crippen LogP contribution >= 0.6 is 0 Å². The monoisotopic (exact) mass is 305 g/mol. The number of pyridine rings is 1. The van der Waals surface area contributed by atoms with Gasteiger partial charge in [0.05, 0.1) is 6.61 Å². The van der Waals surface area contributed by atoms with Crippen molar-refractivity contribution < 1.29 is 14.3 Å². The molecule has 0 fully saturated rings. The highest BCUT2D eigenvalue weighted by molar-refractivity contribution is 5.87. The molecule has 0 atom stereocenters. The second-order valence-corrected chi connectivity index (χ2v) is 4.13. The zero-order chi connectivity index (χ0) is 15.8. The number of esters is 1. The molecule has 0 spiro atoms. The first kappa shape index (κ1) is 15.4. The number of tetrazole rings is 1. The van der Waals surface area contributed by atoms with Crippen LogP contribution in [0.15, 0.2) is 24.5 Å². The summed E-state index contributed by atoms with van der Waals surface area (Å²) in [6.45, 7) is 2.11. The molecule has 22 heavy (non-hydrogen) atoms. The highest BCUT2D eigenvalue weighted by atomic mass is 16.5. The van der Waals surface area contributed by atoms with E-state index in [2.05, 4.69) is 31.1 Å². The molecule has 0 radical (unpaired) electrons. The molecular weight excluding hydrogens is 290 g/mol. The summed E-state index contributed by atoms with van der Waals surface area (Å²) in [7, 11) is 0. The minimum Gasteiger partial charge on any atom is -0.465 e. The van der Waals surface area contributed by atoms with Gasteiger partial charge in [0, 0.05) is 18.9 Å². The maximum absolute atomic E-state index is 11.8. The van der Waals surface area contributed by atoms with Gasteiger partial charge in [0.15, 0.2) is 0 Å². The molecule has 116 valence electrons. The third kappa shape index (κ3) is 4.51. The SMILES string of the molecule is CCOC(=O)Cn1nnnc1NC(=O)NCc1ccncc1. The van der Waals surface area contributed by atoms with Gasteiger partial charge in [-0.15, -0.1) is 0 Å². The van der Waals surface area contributed by atoms with Gasteiger partial charge in [-0.2, -0.15) is 0 Å². The Hall–Kier alpha value is -3.04. The fraction of sp³-hybridized carbons (Fsp3) is 0.333. The van der Waals surface area contributed by atoms with Crippen molar-refractivity contribution in [3.05, 3.63) is 30.1 Å². The topological polar surface area (TPSA) is 124 Å². The van der Waals surface area contributed by atoms with E-state index in [9.17, 15) is 9.59 Å². The van der Waals surface area contributed by atoms with Crippen molar-refractivity contribution in [1.29, 1.82) is 0 Å². The van der Waals surface area contributed by atoms with Crippen LogP contribution in [0.5, 0.6) is 0 Å². The fourth-order valence-corrected chi connectivity index (χ4v) is 1.56. The molecule has 0 unspecified atom stereocenters. The van der Waals surface area contributed by atoms with Gasteiger partial charge in [-0.3, -0.25) is 15.1 Å². The average molecular weight is 305 g/mol. The number of hydrogen-bond donors (Lipinski definition) is 2. The lowest BCUT2D eigenvalue weighted by Gasteiger charge is -2.07. The summed E-state index contributed by atoms with van der Waals surface area (Å²) < 4.78 is 5.93. The van der Waals surface area contributed by atoms with Crippen LogP contribution in [0.2, 0.25) is 0 Å². The Morgan fingerprint density at radius 2 is 2.09 bits per heavy atom. The van der Waals surface area contributed by atoms with Crippen molar-refractivity contribution >= 4 is 17.9 Å². The van der Waals surface area contributed by atoms with Crippen LogP contribution in [0.1, 0.15) is 12.5 Å². The molecule has 10 nitrogen and oxygen atoms in total. The minimum absolute atomic E-state index is 0.0558. The molecule has 2 amide bonds. The van der Waals surface area contributed by atoms with Crippen LogP contribution in [0.4, 0.5) is 10.7 Å². The van der Waals surface area contributed by atoms with E-state index < -0.39 is 12.0 Å². The van der Waals surface area contributed by atoms with E-state index in [0.29, 0.717) is 6.54 Å². The molecule has 2 aromatic heterocycles. The number of anilines is 1. The number of ether oxygens (including phenoxy) is 1. The Balaban J connectivity index is 1.86. The van der Waals surface area contributed by atoms with Crippen molar-refractivity contribution in [2.24, 2.45) is 0 Å². The zero-order valence-electron chi connectivity index (χ0n) is 11.9. The standard InChI is InChI=1S/C12H15N7O3/c1-2-22-10(20)8-19-11(16-17-18-19)15-12(21)14-7-9-3-5-13-6-4-9/h3-6H,2,7-8H2,1H3,(H2,14,15,16,18,21). The first-order valence-corrected chi connectivity index (χ1v) is 6.54. The number of amides is 2. The molecule has 0 aliphatic carbocycles. The van der Waals surface area contributed by atoms with Crippen molar-refractivity contribution in [3.63, 3.8) is 0 Å². The van der Waals surface area contributed by atoms with Crippen LogP contribution in [0.25, 0.3) is 0 Å². The lowest BCUT2D eigenvalue weighted by molar-refractivity contribution is -0.144. The number of urea groups is 1. The summed E-state index contributed by atoms with van der Waals surface area (Å²) in [5, 5.41) is 15.8. The highest BCUT2D eigenvalue weighted by Crippen LogP contribution is 2.01. The van der Waals surface area contributed by atoms with E-state index in [0.717, 1.165) is 10.2 Å². The van der Waals surface area contributed by atoms with Gasteiger partial charge < -0.3 is 10.1 Å². The number of hydrogen-bond acceptors (Lipinski definition) is 7. The molecule has 0 bridgehead atoms. The van der Waals surface area contributed by atoms with E-state index in [1.54, 1.807) is 31.5 Å². The zero-order valence-corrected chi connectivity index (χ0v) is 11.9. The van der Waals surface area contributed by atoms with Gasteiger partial charge in [0.2, 0.25) is 0 Å². The summed E-state index contributed by atoms with van der Waals surface area (Å²) >= 11 is 0. The molecule has 0 aliphatic rings. The molecule has 0 aromatic carbocycles. The summed E-state index contributed by atoms with van der Waals surface area (Å²) in [6, 6.07) is 3.08. The number of carbonyl (C=O) groups is 2. The molecule has 2 N–H and O–H groups in total. The van der Waals surface area contributed by atoms with Crippen LogP contribution in [0, 0.1) is 0 Å². The van der Waals surface area contributed by atoms with Crippen LogP contribution < -0.4 is 10.6 Å². The van der Waals surface area contributed by atoms with Crippen molar-refractivity contribution in [3.8, 4) is 0 Å². The van der Waals surface area contributed by atoms with E-state index in [1.807, 2.05) is 0 Å². The Morgan fingerprint density at radius 3 is 2.82 bits per heavy atom. The largest absolute Gasteiger partial charge is 0.465 e. The summed E-state index contributed by atoms with van der Waals surface area (Å²) in [4.78, 5) is 27.1. The number of nitrogens with one attached hydrogen (secondary N) is 2. The van der Waals surface area contributed by atoms with Gasteiger partial charge in [0.25, 0.3) is 5.95 Å². The summed E-state index contributed by atoms with van der Waals surface area (Å²) in [5.74, 6) is -0.435. The first-order chi connectivity index (χ1) is 10.7. The van der Waals surface area contributed by atoms with Crippen molar-refractivity contribution in [1.82, 2.24) is 30.5 Å². The number of rotatable bonds is 6. The smallest absolute Gasteiger partial charge is 0.327 e. The lowest BCUT2D eigenvalue weighted by atomic mass is 10.3. The van der Waals surface area contributed by atoms with E-state index in [1.165, 1.54) is 0 Å². The van der Waals surface area contributed by atoms with Crippen molar-refractivity contribution in [2.45, 2.75) is 20.0 Å². The highest BCUT2D eigenvalue weighted by Gasteiger charge is 2.13. The Bertz CT molecular complexity index is 629. The molecule has 0 aliphatic heterocycles. The third-order valence-corrected chi connectivity index (χ3v) is 2.54. The first-order valence-electron chi connectivity index (χ1n) is 6.54. The predicted octanol–water partition coefficient (Wildman–Crippen LogP) is -0.0471. The summed E-state index contributed by atoms with van der Waals surface area (Å²) in [5.41, 5.74) is 0.899. The quantitative estimate of drug-likeness (QED) is 0.717. The molecule has 2 aromatic rings. The second kappa shape index (κ2) is 7.67. The molecule has 2 rings (SSSR count).